The summed E-state index contributed by atoms with van der Waals surface area (Å²) in [6.07, 6.45) is -4.65. The number of halogens is 3. The SMILES string of the molecule is C=CC(Oc1cccc(Cc2c(C)n(C(C)=O)c3ccc(OC(F)(F)F)cc23)c1)C(=O)O. The van der Waals surface area contributed by atoms with Gasteiger partial charge in [-0.2, -0.15) is 0 Å². The smallest absolute Gasteiger partial charge is 0.478 e. The number of nitrogens with zero attached hydrogens (tertiary/aromatic N) is 1. The van der Waals surface area contributed by atoms with Gasteiger partial charge in [0.15, 0.2) is 0 Å². The molecule has 0 amide bonds. The Labute approximate surface area is 181 Å². The summed E-state index contributed by atoms with van der Waals surface area (Å²) in [4.78, 5) is 23.4. The molecule has 3 aromatic rings. The first-order chi connectivity index (χ1) is 15.0. The molecule has 168 valence electrons. The molecule has 0 radical (unpaired) electrons. The molecule has 1 N–H and O–H groups in total. The van der Waals surface area contributed by atoms with Crippen LogP contribution in [-0.4, -0.2) is 34.0 Å². The number of ether oxygens (including phenoxy) is 2. The zero-order chi connectivity index (χ0) is 23.6. The molecular formula is C23H20F3NO5. The van der Waals surface area contributed by atoms with Gasteiger partial charge in [0.2, 0.25) is 12.0 Å². The van der Waals surface area contributed by atoms with Gasteiger partial charge in [-0.05, 0) is 60.9 Å². The maximum absolute atomic E-state index is 12.7. The Balaban J connectivity index is 2.04. The van der Waals surface area contributed by atoms with Crippen molar-refractivity contribution in [2.75, 3.05) is 0 Å². The van der Waals surface area contributed by atoms with Gasteiger partial charge in [-0.25, -0.2) is 4.79 Å². The number of aliphatic carboxylic acids is 1. The number of fused-ring (bicyclic) bond motifs is 1. The average molecular weight is 447 g/mol. The minimum atomic E-state index is -4.84. The quantitative estimate of drug-likeness (QED) is 0.509. The molecule has 3 rings (SSSR count). The summed E-state index contributed by atoms with van der Waals surface area (Å²) >= 11 is 0. The van der Waals surface area contributed by atoms with Crippen LogP contribution >= 0.6 is 0 Å². The van der Waals surface area contributed by atoms with Gasteiger partial charge in [-0.3, -0.25) is 9.36 Å². The number of rotatable bonds is 7. The Morgan fingerprint density at radius 2 is 1.91 bits per heavy atom. The molecular weight excluding hydrogens is 427 g/mol. The highest BCUT2D eigenvalue weighted by atomic mass is 19.4. The lowest BCUT2D eigenvalue weighted by atomic mass is 10.0. The van der Waals surface area contributed by atoms with Crippen molar-refractivity contribution < 1.29 is 37.3 Å². The van der Waals surface area contributed by atoms with Gasteiger partial charge >= 0.3 is 12.3 Å². The molecule has 1 unspecified atom stereocenters. The minimum Gasteiger partial charge on any atom is -0.478 e. The Morgan fingerprint density at radius 1 is 1.19 bits per heavy atom. The zero-order valence-corrected chi connectivity index (χ0v) is 17.3. The molecule has 0 bridgehead atoms. The molecule has 1 heterocycles. The molecule has 9 heteroatoms. The number of hydrogen-bond acceptors (Lipinski definition) is 4. The van der Waals surface area contributed by atoms with Crippen LogP contribution in [0.15, 0.2) is 55.1 Å². The van der Waals surface area contributed by atoms with Gasteiger partial charge in [0.05, 0.1) is 5.52 Å². The van der Waals surface area contributed by atoms with Gasteiger partial charge in [-0.1, -0.05) is 18.7 Å². The Morgan fingerprint density at radius 3 is 2.50 bits per heavy atom. The first kappa shape index (κ1) is 22.9. The van der Waals surface area contributed by atoms with Crippen LogP contribution in [0, 0.1) is 6.92 Å². The summed E-state index contributed by atoms with van der Waals surface area (Å²) < 4.78 is 49.0. The zero-order valence-electron chi connectivity index (χ0n) is 17.3. The largest absolute Gasteiger partial charge is 0.573 e. The Kier molecular flexibility index (Phi) is 6.29. The van der Waals surface area contributed by atoms with Crippen LogP contribution in [0.1, 0.15) is 28.5 Å². The summed E-state index contributed by atoms with van der Waals surface area (Å²) in [6, 6.07) is 10.5. The van der Waals surface area contributed by atoms with Gasteiger partial charge in [0.25, 0.3) is 0 Å². The molecule has 0 aliphatic rings. The average Bonchev–Trinajstić information content (AvgIpc) is 2.96. The van der Waals surface area contributed by atoms with Crippen molar-refractivity contribution in [3.63, 3.8) is 0 Å². The molecule has 2 aromatic carbocycles. The third-order valence-electron chi connectivity index (χ3n) is 4.85. The highest BCUT2D eigenvalue weighted by Crippen LogP contribution is 2.33. The third kappa shape index (κ3) is 4.93. The highest BCUT2D eigenvalue weighted by molar-refractivity contribution is 5.96. The molecule has 0 aliphatic carbocycles. The van der Waals surface area contributed by atoms with E-state index >= 15 is 0 Å². The number of carbonyl (C=O) groups excluding carboxylic acids is 1. The van der Waals surface area contributed by atoms with E-state index in [0.29, 0.717) is 33.5 Å². The molecule has 0 spiro atoms. The first-order valence-corrected chi connectivity index (χ1v) is 9.51. The van der Waals surface area contributed by atoms with Gasteiger partial charge < -0.3 is 14.6 Å². The van der Waals surface area contributed by atoms with Crippen molar-refractivity contribution in [3.8, 4) is 11.5 Å². The van der Waals surface area contributed by atoms with E-state index in [-0.39, 0.29) is 18.1 Å². The summed E-state index contributed by atoms with van der Waals surface area (Å²) in [5.74, 6) is -1.57. The van der Waals surface area contributed by atoms with E-state index in [1.54, 1.807) is 31.2 Å². The van der Waals surface area contributed by atoms with Crippen LogP contribution in [0.4, 0.5) is 13.2 Å². The Bertz CT molecular complexity index is 1200. The van der Waals surface area contributed by atoms with Crippen molar-refractivity contribution in [2.45, 2.75) is 32.7 Å². The fourth-order valence-electron chi connectivity index (χ4n) is 3.57. The van der Waals surface area contributed by atoms with Crippen molar-refractivity contribution in [2.24, 2.45) is 0 Å². The van der Waals surface area contributed by atoms with Crippen LogP contribution in [0.3, 0.4) is 0 Å². The lowest BCUT2D eigenvalue weighted by Gasteiger charge is -2.12. The lowest BCUT2D eigenvalue weighted by Crippen LogP contribution is -2.24. The third-order valence-corrected chi connectivity index (χ3v) is 4.85. The maximum Gasteiger partial charge on any atom is 0.573 e. The van der Waals surface area contributed by atoms with Crippen LogP contribution in [0.5, 0.6) is 11.5 Å². The molecule has 0 saturated heterocycles. The normalized spacial score (nSPS) is 12.4. The van der Waals surface area contributed by atoms with Crippen molar-refractivity contribution >= 4 is 22.8 Å². The van der Waals surface area contributed by atoms with E-state index < -0.39 is 18.4 Å². The predicted molar refractivity (Wildman–Crippen MR) is 111 cm³/mol. The van der Waals surface area contributed by atoms with E-state index in [9.17, 15) is 22.8 Å². The Hall–Kier alpha value is -3.75. The van der Waals surface area contributed by atoms with Gasteiger partial charge in [0, 0.05) is 18.0 Å². The molecule has 6 nitrogen and oxygen atoms in total. The summed E-state index contributed by atoms with van der Waals surface area (Å²) in [5, 5.41) is 9.58. The second-order valence-corrected chi connectivity index (χ2v) is 7.08. The molecule has 1 atom stereocenters. The summed E-state index contributed by atoms with van der Waals surface area (Å²) in [7, 11) is 0. The van der Waals surface area contributed by atoms with E-state index in [4.69, 9.17) is 9.84 Å². The predicted octanol–water partition coefficient (Wildman–Crippen LogP) is 5.12. The van der Waals surface area contributed by atoms with E-state index in [1.807, 2.05) is 0 Å². The van der Waals surface area contributed by atoms with E-state index in [1.165, 1.54) is 23.6 Å². The molecule has 0 aliphatic heterocycles. The van der Waals surface area contributed by atoms with Crippen LogP contribution in [0.25, 0.3) is 10.9 Å². The molecule has 32 heavy (non-hydrogen) atoms. The van der Waals surface area contributed by atoms with E-state index in [2.05, 4.69) is 11.3 Å². The highest BCUT2D eigenvalue weighted by Gasteiger charge is 2.31. The van der Waals surface area contributed by atoms with Crippen molar-refractivity contribution in [1.29, 1.82) is 0 Å². The van der Waals surface area contributed by atoms with Crippen molar-refractivity contribution in [1.82, 2.24) is 4.57 Å². The molecule has 0 fully saturated rings. The monoisotopic (exact) mass is 447 g/mol. The number of carbonyl (C=O) groups is 2. The summed E-state index contributed by atoms with van der Waals surface area (Å²) in [5.41, 5.74) is 2.39. The van der Waals surface area contributed by atoms with Crippen molar-refractivity contribution in [3.05, 3.63) is 71.9 Å². The van der Waals surface area contributed by atoms with Crippen LogP contribution in [0.2, 0.25) is 0 Å². The van der Waals surface area contributed by atoms with E-state index in [0.717, 1.165) is 12.1 Å². The van der Waals surface area contributed by atoms with Crippen LogP contribution in [-0.2, 0) is 11.2 Å². The maximum atomic E-state index is 12.7. The second kappa shape index (κ2) is 8.78. The molecule has 0 saturated carbocycles. The molecule has 1 aromatic heterocycles. The first-order valence-electron chi connectivity index (χ1n) is 9.51. The number of alkyl halides is 3. The number of carboxylic acid groups (broad SMARTS) is 1. The number of aromatic nitrogens is 1. The fourth-order valence-corrected chi connectivity index (χ4v) is 3.57. The van der Waals surface area contributed by atoms with Crippen LogP contribution < -0.4 is 9.47 Å². The van der Waals surface area contributed by atoms with Gasteiger partial charge in [0.1, 0.15) is 11.5 Å². The number of carboxylic acids is 1. The summed E-state index contributed by atoms with van der Waals surface area (Å²) in [6.45, 7) is 6.51. The topological polar surface area (TPSA) is 77.8 Å². The standard InChI is InChI=1S/C23H20F3NO5/c1-4-21(22(29)30)31-16-7-5-6-15(10-16)11-18-13(2)27(14(3)28)20-9-8-17(12-19(18)20)32-23(24,25)26/h4-10,12,21H,1,11H2,2-3H3,(H,29,30). The second-order valence-electron chi connectivity index (χ2n) is 7.08. The minimum absolute atomic E-state index is 0.265. The number of hydrogen-bond donors (Lipinski definition) is 1. The fraction of sp³-hybridized carbons (Fsp3) is 0.217. The number of benzene rings is 2. The van der Waals surface area contributed by atoms with Gasteiger partial charge in [-0.15, -0.1) is 13.2 Å². The lowest BCUT2D eigenvalue weighted by molar-refractivity contribution is -0.274.